The van der Waals surface area contributed by atoms with E-state index in [1.165, 1.54) is 13.8 Å². The van der Waals surface area contributed by atoms with Gasteiger partial charge in [0, 0.05) is 30.9 Å². The summed E-state index contributed by atoms with van der Waals surface area (Å²) >= 11 is 0. The van der Waals surface area contributed by atoms with E-state index in [2.05, 4.69) is 16.0 Å². The molecule has 0 bridgehead atoms. The summed E-state index contributed by atoms with van der Waals surface area (Å²) in [7, 11) is 0. The Hall–Kier alpha value is -3.15. The molecule has 0 saturated carbocycles. The zero-order valence-corrected chi connectivity index (χ0v) is 14.5. The first kappa shape index (κ1) is 18.2. The highest BCUT2D eigenvalue weighted by molar-refractivity contribution is 5.96. The highest BCUT2D eigenvalue weighted by Gasteiger charge is 2.09. The molecule has 3 amide bonds. The minimum absolute atomic E-state index is 0.139. The number of anilines is 3. The van der Waals surface area contributed by atoms with Crippen LogP contribution in [0.25, 0.3) is 0 Å². The molecule has 6 nitrogen and oxygen atoms in total. The molecule has 0 radical (unpaired) electrons. The van der Waals surface area contributed by atoms with Gasteiger partial charge in [0.05, 0.1) is 6.42 Å². The Kier molecular flexibility index (Phi) is 5.89. The summed E-state index contributed by atoms with van der Waals surface area (Å²) in [6, 6.07) is 12.5. The van der Waals surface area contributed by atoms with Crippen molar-refractivity contribution in [1.29, 1.82) is 0 Å². The molecule has 2 aromatic carbocycles. The van der Waals surface area contributed by atoms with Crippen LogP contribution in [0.1, 0.15) is 25.0 Å². The molecule has 0 saturated heterocycles. The molecule has 0 spiro atoms. The summed E-state index contributed by atoms with van der Waals surface area (Å²) < 4.78 is 0. The molecule has 3 N–H and O–H groups in total. The quantitative estimate of drug-likeness (QED) is 0.782. The number of benzene rings is 2. The molecular formula is C19H21N3O3. The Balaban J connectivity index is 2.03. The van der Waals surface area contributed by atoms with Crippen LogP contribution in [0.4, 0.5) is 17.1 Å². The summed E-state index contributed by atoms with van der Waals surface area (Å²) in [5.41, 5.74) is 3.65. The van der Waals surface area contributed by atoms with Gasteiger partial charge in [-0.15, -0.1) is 0 Å². The third-order valence-corrected chi connectivity index (χ3v) is 3.56. The first-order valence-corrected chi connectivity index (χ1v) is 7.88. The lowest BCUT2D eigenvalue weighted by Gasteiger charge is -2.13. The van der Waals surface area contributed by atoms with Crippen LogP contribution in [0.15, 0.2) is 42.5 Å². The van der Waals surface area contributed by atoms with Crippen LogP contribution in [-0.4, -0.2) is 17.7 Å². The van der Waals surface area contributed by atoms with E-state index in [0.29, 0.717) is 17.1 Å². The van der Waals surface area contributed by atoms with E-state index < -0.39 is 0 Å². The molecule has 0 fully saturated rings. The van der Waals surface area contributed by atoms with E-state index in [9.17, 15) is 14.4 Å². The fraction of sp³-hybridized carbons (Fsp3) is 0.211. The largest absolute Gasteiger partial charge is 0.326 e. The first-order valence-electron chi connectivity index (χ1n) is 7.88. The first-order chi connectivity index (χ1) is 11.8. The number of amides is 3. The van der Waals surface area contributed by atoms with E-state index in [1.807, 2.05) is 6.92 Å². The van der Waals surface area contributed by atoms with Crippen LogP contribution < -0.4 is 16.0 Å². The normalized spacial score (nSPS) is 10.0. The Morgan fingerprint density at radius 1 is 0.800 bits per heavy atom. The zero-order valence-electron chi connectivity index (χ0n) is 14.5. The van der Waals surface area contributed by atoms with Crippen LogP contribution in [0.2, 0.25) is 0 Å². The number of rotatable bonds is 5. The van der Waals surface area contributed by atoms with Crippen molar-refractivity contribution in [2.24, 2.45) is 0 Å². The Bertz CT molecular complexity index is 798. The Labute approximate surface area is 146 Å². The van der Waals surface area contributed by atoms with Gasteiger partial charge in [-0.2, -0.15) is 0 Å². The summed E-state index contributed by atoms with van der Waals surface area (Å²) in [5.74, 6) is -0.457. The number of carbonyl (C=O) groups is 3. The maximum Gasteiger partial charge on any atom is 0.228 e. The van der Waals surface area contributed by atoms with E-state index >= 15 is 0 Å². The molecule has 0 heterocycles. The molecule has 25 heavy (non-hydrogen) atoms. The van der Waals surface area contributed by atoms with Crippen LogP contribution in [0.5, 0.6) is 0 Å². The third-order valence-electron chi connectivity index (χ3n) is 3.56. The second-order valence-corrected chi connectivity index (χ2v) is 5.76. The summed E-state index contributed by atoms with van der Waals surface area (Å²) in [5, 5.41) is 8.27. The fourth-order valence-corrected chi connectivity index (χ4v) is 2.39. The lowest BCUT2D eigenvalue weighted by molar-refractivity contribution is -0.116. The molecule has 0 aliphatic rings. The molecule has 0 aliphatic heterocycles. The van der Waals surface area contributed by atoms with Crippen molar-refractivity contribution in [2.75, 3.05) is 16.0 Å². The standard InChI is InChI=1S/C19H21N3O3/c1-12-17(21-14(3)24)5-4-6-18(12)22-19(25)11-15-7-9-16(10-8-15)20-13(2)23/h4-10H,11H2,1-3H3,(H,20,23)(H,21,24)(H,22,25). The van der Waals surface area contributed by atoms with Gasteiger partial charge in [0.1, 0.15) is 0 Å². The Morgan fingerprint density at radius 2 is 1.36 bits per heavy atom. The van der Waals surface area contributed by atoms with E-state index in [1.54, 1.807) is 42.5 Å². The predicted molar refractivity (Wildman–Crippen MR) is 98.6 cm³/mol. The minimum atomic E-state index is -0.161. The van der Waals surface area contributed by atoms with Gasteiger partial charge in [-0.3, -0.25) is 14.4 Å². The summed E-state index contributed by atoms with van der Waals surface area (Å²) in [4.78, 5) is 34.5. The van der Waals surface area contributed by atoms with E-state index in [0.717, 1.165) is 11.1 Å². The molecule has 0 aromatic heterocycles. The summed E-state index contributed by atoms with van der Waals surface area (Å²) in [6.45, 7) is 4.72. The SMILES string of the molecule is CC(=O)Nc1ccc(CC(=O)Nc2cccc(NC(C)=O)c2C)cc1. The second kappa shape index (κ2) is 8.10. The van der Waals surface area contributed by atoms with Crippen molar-refractivity contribution >= 4 is 34.8 Å². The Morgan fingerprint density at radius 3 is 1.92 bits per heavy atom. The molecular weight excluding hydrogens is 318 g/mol. The molecule has 2 aromatic rings. The van der Waals surface area contributed by atoms with Crippen molar-refractivity contribution in [2.45, 2.75) is 27.2 Å². The van der Waals surface area contributed by atoms with Crippen LogP contribution in [0, 0.1) is 6.92 Å². The molecule has 130 valence electrons. The molecule has 0 aliphatic carbocycles. The number of hydrogen-bond donors (Lipinski definition) is 3. The number of hydrogen-bond acceptors (Lipinski definition) is 3. The molecule has 6 heteroatoms. The smallest absolute Gasteiger partial charge is 0.228 e. The minimum Gasteiger partial charge on any atom is -0.326 e. The number of nitrogens with one attached hydrogen (secondary N) is 3. The average molecular weight is 339 g/mol. The van der Waals surface area contributed by atoms with Crippen molar-refractivity contribution in [3.63, 3.8) is 0 Å². The van der Waals surface area contributed by atoms with Gasteiger partial charge in [0.15, 0.2) is 0 Å². The van der Waals surface area contributed by atoms with Crippen LogP contribution in [0.3, 0.4) is 0 Å². The third kappa shape index (κ3) is 5.46. The van der Waals surface area contributed by atoms with Crippen molar-refractivity contribution in [3.8, 4) is 0 Å². The summed E-state index contributed by atoms with van der Waals surface area (Å²) in [6.07, 6.45) is 0.212. The van der Waals surface area contributed by atoms with Crippen molar-refractivity contribution in [3.05, 3.63) is 53.6 Å². The lowest BCUT2D eigenvalue weighted by atomic mass is 10.1. The monoisotopic (exact) mass is 339 g/mol. The van der Waals surface area contributed by atoms with Gasteiger partial charge in [0.25, 0.3) is 0 Å². The van der Waals surface area contributed by atoms with Gasteiger partial charge < -0.3 is 16.0 Å². The maximum absolute atomic E-state index is 12.3. The molecule has 2 rings (SSSR count). The highest BCUT2D eigenvalue weighted by Crippen LogP contribution is 2.23. The fourth-order valence-electron chi connectivity index (χ4n) is 2.39. The maximum atomic E-state index is 12.3. The van der Waals surface area contributed by atoms with Crippen LogP contribution >= 0.6 is 0 Å². The predicted octanol–water partition coefficient (Wildman–Crippen LogP) is 3.09. The average Bonchev–Trinajstić information content (AvgIpc) is 2.52. The molecule has 0 atom stereocenters. The van der Waals surface area contributed by atoms with Gasteiger partial charge in [-0.25, -0.2) is 0 Å². The number of carbonyl (C=O) groups excluding carboxylic acids is 3. The van der Waals surface area contributed by atoms with Gasteiger partial charge in [-0.05, 0) is 42.3 Å². The van der Waals surface area contributed by atoms with E-state index in [-0.39, 0.29) is 24.1 Å². The van der Waals surface area contributed by atoms with Crippen molar-refractivity contribution < 1.29 is 14.4 Å². The van der Waals surface area contributed by atoms with Gasteiger partial charge in [-0.1, -0.05) is 18.2 Å². The second-order valence-electron chi connectivity index (χ2n) is 5.76. The zero-order chi connectivity index (χ0) is 18.4. The van der Waals surface area contributed by atoms with E-state index in [4.69, 9.17) is 0 Å². The highest BCUT2D eigenvalue weighted by atomic mass is 16.2. The van der Waals surface area contributed by atoms with Gasteiger partial charge in [0.2, 0.25) is 17.7 Å². The lowest BCUT2D eigenvalue weighted by Crippen LogP contribution is -2.16. The topological polar surface area (TPSA) is 87.3 Å². The molecule has 0 unspecified atom stereocenters. The van der Waals surface area contributed by atoms with Gasteiger partial charge >= 0.3 is 0 Å². The van der Waals surface area contributed by atoms with Crippen molar-refractivity contribution in [1.82, 2.24) is 0 Å². The van der Waals surface area contributed by atoms with Crippen LogP contribution in [-0.2, 0) is 20.8 Å².